The van der Waals surface area contributed by atoms with Crippen molar-refractivity contribution in [2.45, 2.75) is 39.3 Å². The minimum Gasteiger partial charge on any atom is -0.492 e. The number of rotatable bonds is 6. The molecule has 7 heteroatoms. The third kappa shape index (κ3) is 4.63. The van der Waals surface area contributed by atoms with Crippen LogP contribution in [0, 0.1) is 9.49 Å². The number of hydrogen-bond acceptors (Lipinski definition) is 4. The van der Waals surface area contributed by atoms with Crippen LogP contribution in [0.2, 0.25) is 0 Å². The Morgan fingerprint density at radius 3 is 2.93 bits per heavy atom. The maximum absolute atomic E-state index is 10.7. The molecule has 0 spiro atoms. The number of pyridine rings is 1. The van der Waals surface area contributed by atoms with Crippen molar-refractivity contribution in [2.75, 3.05) is 6.61 Å². The lowest BCUT2D eigenvalue weighted by Crippen LogP contribution is -2.33. The average molecular weight is 482 g/mol. The summed E-state index contributed by atoms with van der Waals surface area (Å²) in [6.07, 6.45) is 3.31. The Balaban J connectivity index is 1.72. The quantitative estimate of drug-likeness (QED) is 0.575. The van der Waals surface area contributed by atoms with Gasteiger partial charge < -0.3 is 19.9 Å². The minimum absolute atomic E-state index is 0.0593. The molecular weight excluding hydrogens is 459 g/mol. The second-order valence-electron chi connectivity index (χ2n) is 7.00. The average Bonchev–Trinajstić information content (AvgIpc) is 2.60. The fraction of sp³-hybridized carbons (Fsp3) is 0.400. The van der Waals surface area contributed by atoms with E-state index < -0.39 is 6.09 Å². The molecule has 0 radical (unpaired) electrons. The van der Waals surface area contributed by atoms with Crippen molar-refractivity contribution in [1.29, 1.82) is 0 Å². The van der Waals surface area contributed by atoms with Crippen LogP contribution in [0.3, 0.4) is 0 Å². The number of halogens is 1. The first-order valence-corrected chi connectivity index (χ1v) is 9.99. The number of amides is 1. The van der Waals surface area contributed by atoms with Gasteiger partial charge in [0.15, 0.2) is 0 Å². The third-order valence-electron chi connectivity index (χ3n) is 4.57. The van der Waals surface area contributed by atoms with Crippen LogP contribution in [-0.2, 0) is 0 Å². The topological polar surface area (TPSA) is 80.7 Å². The molecule has 6 nitrogen and oxygen atoms in total. The fourth-order valence-corrected chi connectivity index (χ4v) is 3.98. The Morgan fingerprint density at radius 1 is 1.41 bits per heavy atom. The Morgan fingerprint density at radius 2 is 2.19 bits per heavy atom. The molecule has 1 aromatic heterocycles. The van der Waals surface area contributed by atoms with Gasteiger partial charge in [-0.1, -0.05) is 6.92 Å². The Hall–Kier alpha value is -2.03. The van der Waals surface area contributed by atoms with Crippen LogP contribution in [0.15, 0.2) is 30.6 Å². The normalized spacial score (nSPS) is 17.1. The van der Waals surface area contributed by atoms with E-state index in [1.807, 2.05) is 39.1 Å². The smallest absolute Gasteiger partial charge is 0.404 e. The second-order valence-corrected chi connectivity index (χ2v) is 8.17. The summed E-state index contributed by atoms with van der Waals surface area (Å²) in [4.78, 5) is 14.9. The van der Waals surface area contributed by atoms with Gasteiger partial charge in [0, 0.05) is 35.6 Å². The fourth-order valence-electron chi connectivity index (χ4n) is 3.36. The number of nitrogens with zero attached hydrogens (tertiary/aromatic N) is 1. The number of nitrogens with one attached hydrogen (secondary N) is 1. The highest BCUT2D eigenvalue weighted by atomic mass is 127. The van der Waals surface area contributed by atoms with Crippen LogP contribution in [0.4, 0.5) is 4.79 Å². The van der Waals surface area contributed by atoms with Gasteiger partial charge in [-0.05, 0) is 66.5 Å². The second kappa shape index (κ2) is 8.33. The maximum atomic E-state index is 10.7. The van der Waals surface area contributed by atoms with E-state index in [2.05, 4.69) is 39.0 Å². The molecule has 27 heavy (non-hydrogen) atoms. The number of benzene rings is 1. The molecule has 1 aromatic carbocycles. The lowest BCUT2D eigenvalue weighted by Gasteiger charge is -2.27. The van der Waals surface area contributed by atoms with E-state index >= 15 is 0 Å². The number of fused-ring (bicyclic) bond motifs is 3. The van der Waals surface area contributed by atoms with E-state index in [9.17, 15) is 4.79 Å². The molecule has 2 unspecified atom stereocenters. The highest BCUT2D eigenvalue weighted by molar-refractivity contribution is 14.1. The van der Waals surface area contributed by atoms with Crippen LogP contribution < -0.4 is 14.8 Å². The van der Waals surface area contributed by atoms with Gasteiger partial charge in [-0.3, -0.25) is 4.98 Å². The summed E-state index contributed by atoms with van der Waals surface area (Å²) in [6, 6.07) is 5.93. The molecule has 2 N–H and O–H groups in total. The Labute approximate surface area is 172 Å². The standard InChI is InChI=1S/C20H23IN2O4/c1-11(6-12(2)23-20(24)25)10-26-19-8-18-15(7-17(19)21)14-4-5-22-9-16(14)13(3)27-18/h4-5,7-9,11-13,23H,6,10H2,1-3H3,(H,24,25)/t11?,12-,13?/m0/s1. The van der Waals surface area contributed by atoms with E-state index in [1.54, 1.807) is 6.20 Å². The first-order valence-electron chi connectivity index (χ1n) is 8.92. The van der Waals surface area contributed by atoms with Crippen LogP contribution >= 0.6 is 22.6 Å². The van der Waals surface area contributed by atoms with E-state index in [0.717, 1.165) is 31.8 Å². The Bertz CT molecular complexity index is 843. The van der Waals surface area contributed by atoms with Crippen LogP contribution in [0.1, 0.15) is 38.9 Å². The monoisotopic (exact) mass is 482 g/mol. The van der Waals surface area contributed by atoms with Crippen molar-refractivity contribution < 1.29 is 19.4 Å². The van der Waals surface area contributed by atoms with Gasteiger partial charge >= 0.3 is 6.09 Å². The summed E-state index contributed by atoms with van der Waals surface area (Å²) in [6.45, 7) is 6.43. The number of aromatic nitrogens is 1. The van der Waals surface area contributed by atoms with Gasteiger partial charge in [0.2, 0.25) is 0 Å². The molecule has 0 fully saturated rings. The van der Waals surface area contributed by atoms with Crippen LogP contribution in [0.5, 0.6) is 11.5 Å². The molecule has 2 heterocycles. The highest BCUT2D eigenvalue weighted by Crippen LogP contribution is 2.45. The molecule has 0 bridgehead atoms. The van der Waals surface area contributed by atoms with E-state index in [0.29, 0.717) is 13.0 Å². The van der Waals surface area contributed by atoms with Gasteiger partial charge in [0.05, 0.1) is 10.2 Å². The largest absolute Gasteiger partial charge is 0.492 e. The van der Waals surface area contributed by atoms with Crippen LogP contribution in [0.25, 0.3) is 11.1 Å². The molecule has 2 aromatic rings. The van der Waals surface area contributed by atoms with Gasteiger partial charge in [-0.15, -0.1) is 0 Å². The van der Waals surface area contributed by atoms with Gasteiger partial charge in [-0.2, -0.15) is 0 Å². The van der Waals surface area contributed by atoms with E-state index in [4.69, 9.17) is 14.6 Å². The number of ether oxygens (including phenoxy) is 2. The third-order valence-corrected chi connectivity index (χ3v) is 5.41. The summed E-state index contributed by atoms with van der Waals surface area (Å²) in [5.41, 5.74) is 3.28. The lowest BCUT2D eigenvalue weighted by atomic mass is 9.95. The number of carbonyl (C=O) groups is 1. The molecule has 144 valence electrons. The van der Waals surface area contributed by atoms with E-state index in [1.165, 1.54) is 0 Å². The summed E-state index contributed by atoms with van der Waals surface area (Å²) < 4.78 is 13.1. The molecule has 0 aliphatic carbocycles. The molecule has 1 aliphatic heterocycles. The highest BCUT2D eigenvalue weighted by Gasteiger charge is 2.24. The SMILES string of the molecule is CC(COc1cc2c(cc1I)-c1ccncc1C(C)O2)C[C@H](C)NC(=O)O. The summed E-state index contributed by atoms with van der Waals surface area (Å²) in [7, 11) is 0. The summed E-state index contributed by atoms with van der Waals surface area (Å²) in [5, 5.41) is 11.3. The molecule has 0 saturated carbocycles. The van der Waals surface area contributed by atoms with Crippen molar-refractivity contribution in [3.63, 3.8) is 0 Å². The Kier molecular flexibility index (Phi) is 6.08. The molecule has 1 aliphatic rings. The molecule has 1 amide bonds. The van der Waals surface area contributed by atoms with Gasteiger partial charge in [0.25, 0.3) is 0 Å². The zero-order valence-corrected chi connectivity index (χ0v) is 17.7. The molecular formula is C20H23IN2O4. The number of carboxylic acid groups (broad SMARTS) is 1. The first kappa shape index (κ1) is 19.7. The molecule has 0 saturated heterocycles. The summed E-state index contributed by atoms with van der Waals surface area (Å²) in [5.74, 6) is 1.81. The zero-order chi connectivity index (χ0) is 19.6. The van der Waals surface area contributed by atoms with Crippen molar-refractivity contribution >= 4 is 28.7 Å². The molecule has 3 rings (SSSR count). The van der Waals surface area contributed by atoms with Crippen LogP contribution in [-0.4, -0.2) is 28.8 Å². The van der Waals surface area contributed by atoms with Crippen molar-refractivity contribution in [3.05, 3.63) is 39.7 Å². The van der Waals surface area contributed by atoms with Crippen molar-refractivity contribution in [2.24, 2.45) is 5.92 Å². The van der Waals surface area contributed by atoms with Crippen molar-refractivity contribution in [1.82, 2.24) is 10.3 Å². The first-order chi connectivity index (χ1) is 12.8. The predicted molar refractivity (Wildman–Crippen MR) is 111 cm³/mol. The minimum atomic E-state index is -0.999. The number of hydrogen-bond donors (Lipinski definition) is 2. The van der Waals surface area contributed by atoms with Gasteiger partial charge in [-0.25, -0.2) is 4.79 Å². The summed E-state index contributed by atoms with van der Waals surface area (Å²) >= 11 is 2.27. The van der Waals surface area contributed by atoms with E-state index in [-0.39, 0.29) is 18.1 Å². The maximum Gasteiger partial charge on any atom is 0.404 e. The lowest BCUT2D eigenvalue weighted by molar-refractivity contribution is 0.185. The van der Waals surface area contributed by atoms with Crippen molar-refractivity contribution in [3.8, 4) is 22.6 Å². The van der Waals surface area contributed by atoms with Gasteiger partial charge in [0.1, 0.15) is 17.6 Å². The molecule has 3 atom stereocenters. The predicted octanol–water partition coefficient (Wildman–Crippen LogP) is 4.87. The zero-order valence-electron chi connectivity index (χ0n) is 15.5.